The van der Waals surface area contributed by atoms with E-state index in [1.54, 1.807) is 10.6 Å². The Bertz CT molecular complexity index is 514. The molecule has 0 atom stereocenters. The molecule has 1 N–H and O–H groups in total. The van der Waals surface area contributed by atoms with Gasteiger partial charge < -0.3 is 5.11 Å². The lowest BCUT2D eigenvalue weighted by Crippen LogP contribution is -2.06. The molecular formula is C10H10N2O2. The van der Waals surface area contributed by atoms with Crippen LogP contribution in [0, 0.1) is 13.8 Å². The molecule has 2 heterocycles. The molecule has 0 saturated heterocycles. The van der Waals surface area contributed by atoms with Gasteiger partial charge >= 0.3 is 5.97 Å². The van der Waals surface area contributed by atoms with Gasteiger partial charge in [0.1, 0.15) is 0 Å². The molecule has 4 heteroatoms. The number of pyridine rings is 1. The first-order valence-electron chi connectivity index (χ1n) is 4.28. The molecular weight excluding hydrogens is 180 g/mol. The molecule has 0 bridgehead atoms. The van der Waals surface area contributed by atoms with E-state index in [2.05, 4.69) is 4.98 Å². The molecule has 2 aromatic rings. The normalized spacial score (nSPS) is 10.7. The molecule has 2 aromatic heterocycles. The van der Waals surface area contributed by atoms with E-state index in [1.807, 2.05) is 26.0 Å². The van der Waals surface area contributed by atoms with Crippen LogP contribution in [-0.4, -0.2) is 20.5 Å². The van der Waals surface area contributed by atoms with E-state index in [9.17, 15) is 4.79 Å². The van der Waals surface area contributed by atoms with Crippen LogP contribution in [0.25, 0.3) is 5.52 Å². The maximum atomic E-state index is 10.9. The zero-order valence-corrected chi connectivity index (χ0v) is 7.98. The van der Waals surface area contributed by atoms with Gasteiger partial charge in [-0.25, -0.2) is 9.78 Å². The molecule has 0 aliphatic rings. The van der Waals surface area contributed by atoms with Crippen molar-refractivity contribution in [2.75, 3.05) is 0 Å². The van der Waals surface area contributed by atoms with Gasteiger partial charge in [0.2, 0.25) is 5.82 Å². The number of nitrogens with zero attached hydrogens (tertiary/aromatic N) is 2. The second-order valence-corrected chi connectivity index (χ2v) is 3.25. The Balaban J connectivity index is 2.89. The second-order valence-electron chi connectivity index (χ2n) is 3.25. The molecule has 2 rings (SSSR count). The van der Waals surface area contributed by atoms with Crippen molar-refractivity contribution in [1.82, 2.24) is 9.38 Å². The van der Waals surface area contributed by atoms with E-state index in [0.29, 0.717) is 0 Å². The van der Waals surface area contributed by atoms with Crippen molar-refractivity contribution in [1.29, 1.82) is 0 Å². The van der Waals surface area contributed by atoms with Gasteiger partial charge in [-0.1, -0.05) is 6.07 Å². The molecule has 0 aliphatic carbocycles. The first-order chi connectivity index (χ1) is 6.61. The summed E-state index contributed by atoms with van der Waals surface area (Å²) in [6.07, 6.45) is 1.57. The summed E-state index contributed by atoms with van der Waals surface area (Å²) in [5, 5.41) is 8.90. The number of carboxylic acid groups (broad SMARTS) is 1. The standard InChI is InChI=1S/C10H10N2O2/c1-6-3-4-8-5-11-9(10(13)14)12(8)7(6)2/h3-5H,1-2H3,(H,13,14). The molecule has 0 amide bonds. The fourth-order valence-corrected chi connectivity index (χ4v) is 1.49. The van der Waals surface area contributed by atoms with Crippen LogP contribution in [0.3, 0.4) is 0 Å². The predicted octanol–water partition coefficient (Wildman–Crippen LogP) is 1.65. The average molecular weight is 190 g/mol. The van der Waals surface area contributed by atoms with E-state index < -0.39 is 5.97 Å². The van der Waals surface area contributed by atoms with Gasteiger partial charge in [-0.15, -0.1) is 0 Å². The molecule has 14 heavy (non-hydrogen) atoms. The third-order valence-corrected chi connectivity index (χ3v) is 2.39. The maximum Gasteiger partial charge on any atom is 0.372 e. The number of carboxylic acids is 1. The minimum Gasteiger partial charge on any atom is -0.475 e. The van der Waals surface area contributed by atoms with Crippen molar-refractivity contribution in [3.05, 3.63) is 35.4 Å². The Morgan fingerprint density at radius 1 is 1.43 bits per heavy atom. The third-order valence-electron chi connectivity index (χ3n) is 2.39. The molecule has 0 aliphatic heterocycles. The molecule has 72 valence electrons. The average Bonchev–Trinajstić information content (AvgIpc) is 2.55. The summed E-state index contributed by atoms with van der Waals surface area (Å²) in [6.45, 7) is 3.83. The van der Waals surface area contributed by atoms with Crippen molar-refractivity contribution in [3.8, 4) is 0 Å². The van der Waals surface area contributed by atoms with Crippen LogP contribution in [0.2, 0.25) is 0 Å². The van der Waals surface area contributed by atoms with E-state index in [4.69, 9.17) is 5.11 Å². The molecule has 0 saturated carbocycles. The largest absolute Gasteiger partial charge is 0.475 e. The highest BCUT2D eigenvalue weighted by Gasteiger charge is 2.12. The molecule has 0 fully saturated rings. The highest BCUT2D eigenvalue weighted by molar-refractivity contribution is 5.85. The van der Waals surface area contributed by atoms with Crippen LogP contribution in [-0.2, 0) is 0 Å². The Morgan fingerprint density at radius 2 is 2.14 bits per heavy atom. The van der Waals surface area contributed by atoms with Crippen molar-refractivity contribution in [2.45, 2.75) is 13.8 Å². The summed E-state index contributed by atoms with van der Waals surface area (Å²) in [4.78, 5) is 14.7. The fraction of sp³-hybridized carbons (Fsp3) is 0.200. The van der Waals surface area contributed by atoms with Crippen LogP contribution in [0.1, 0.15) is 21.9 Å². The molecule has 0 unspecified atom stereocenters. The fourth-order valence-electron chi connectivity index (χ4n) is 1.49. The van der Waals surface area contributed by atoms with E-state index in [0.717, 1.165) is 16.8 Å². The molecule has 4 nitrogen and oxygen atoms in total. The smallest absolute Gasteiger partial charge is 0.372 e. The van der Waals surface area contributed by atoms with E-state index >= 15 is 0 Å². The number of aromatic carboxylic acids is 1. The van der Waals surface area contributed by atoms with Gasteiger partial charge in [-0.3, -0.25) is 4.40 Å². The maximum absolute atomic E-state index is 10.9. The van der Waals surface area contributed by atoms with Crippen LogP contribution < -0.4 is 0 Å². The summed E-state index contributed by atoms with van der Waals surface area (Å²) in [6, 6.07) is 3.82. The Morgan fingerprint density at radius 3 is 2.79 bits per heavy atom. The number of aryl methyl sites for hydroxylation is 2. The van der Waals surface area contributed by atoms with Gasteiger partial charge in [0.15, 0.2) is 0 Å². The van der Waals surface area contributed by atoms with Crippen molar-refractivity contribution in [2.24, 2.45) is 0 Å². The third kappa shape index (κ3) is 1.08. The minimum atomic E-state index is -1.00. The van der Waals surface area contributed by atoms with Gasteiger partial charge in [0, 0.05) is 5.69 Å². The zero-order valence-electron chi connectivity index (χ0n) is 7.98. The van der Waals surface area contributed by atoms with Gasteiger partial charge in [0.25, 0.3) is 0 Å². The Kier molecular flexibility index (Phi) is 1.77. The summed E-state index contributed by atoms with van der Waals surface area (Å²) in [5.74, 6) is -0.931. The number of hydrogen-bond donors (Lipinski definition) is 1. The topological polar surface area (TPSA) is 54.6 Å². The quantitative estimate of drug-likeness (QED) is 0.743. The molecule has 0 spiro atoms. The molecule has 0 radical (unpaired) electrons. The SMILES string of the molecule is Cc1ccc2cnc(C(=O)O)n2c1C. The number of hydrogen-bond acceptors (Lipinski definition) is 2. The number of imidazole rings is 1. The highest BCUT2D eigenvalue weighted by atomic mass is 16.4. The van der Waals surface area contributed by atoms with Crippen molar-refractivity contribution in [3.63, 3.8) is 0 Å². The van der Waals surface area contributed by atoms with Gasteiger partial charge in [-0.2, -0.15) is 0 Å². The highest BCUT2D eigenvalue weighted by Crippen LogP contribution is 2.13. The zero-order chi connectivity index (χ0) is 10.3. The number of carbonyl (C=O) groups is 1. The summed E-state index contributed by atoms with van der Waals surface area (Å²) in [7, 11) is 0. The minimum absolute atomic E-state index is 0.0706. The molecule has 0 aromatic carbocycles. The van der Waals surface area contributed by atoms with Gasteiger partial charge in [0.05, 0.1) is 11.7 Å². The van der Waals surface area contributed by atoms with E-state index in [-0.39, 0.29) is 5.82 Å². The van der Waals surface area contributed by atoms with Crippen molar-refractivity contribution < 1.29 is 9.90 Å². The van der Waals surface area contributed by atoms with Crippen LogP contribution >= 0.6 is 0 Å². The number of aromatic nitrogens is 2. The first-order valence-corrected chi connectivity index (χ1v) is 4.28. The van der Waals surface area contributed by atoms with Gasteiger partial charge in [-0.05, 0) is 25.5 Å². The monoisotopic (exact) mass is 190 g/mol. The Labute approximate surface area is 80.8 Å². The number of fused-ring (bicyclic) bond motifs is 1. The summed E-state index contributed by atoms with van der Waals surface area (Å²) >= 11 is 0. The lowest BCUT2D eigenvalue weighted by Gasteiger charge is -2.04. The van der Waals surface area contributed by atoms with Crippen LogP contribution in [0.5, 0.6) is 0 Å². The second kappa shape index (κ2) is 2.83. The predicted molar refractivity (Wildman–Crippen MR) is 51.6 cm³/mol. The van der Waals surface area contributed by atoms with Crippen LogP contribution in [0.4, 0.5) is 0 Å². The van der Waals surface area contributed by atoms with Crippen LogP contribution in [0.15, 0.2) is 18.3 Å². The van der Waals surface area contributed by atoms with E-state index in [1.165, 1.54) is 0 Å². The first kappa shape index (κ1) is 8.74. The lowest BCUT2D eigenvalue weighted by atomic mass is 10.2. The summed E-state index contributed by atoms with van der Waals surface area (Å²) < 4.78 is 1.65. The van der Waals surface area contributed by atoms with Crippen molar-refractivity contribution >= 4 is 11.5 Å². The summed E-state index contributed by atoms with van der Waals surface area (Å²) in [5.41, 5.74) is 2.78. The lowest BCUT2D eigenvalue weighted by molar-refractivity contribution is 0.0682. The Hall–Kier alpha value is -1.84. The number of rotatable bonds is 1.